The molecule has 30 heavy (non-hydrogen) atoms. The molecule has 3 aromatic rings. The summed E-state index contributed by atoms with van der Waals surface area (Å²) in [6.07, 6.45) is 7.56. The topological polar surface area (TPSA) is 76.0 Å². The Balaban J connectivity index is 1.55. The third kappa shape index (κ3) is 4.71. The molecule has 0 amide bonds. The fourth-order valence-corrected chi connectivity index (χ4v) is 4.65. The number of aromatic nitrogens is 3. The summed E-state index contributed by atoms with van der Waals surface area (Å²) in [6, 6.07) is 10.2. The van der Waals surface area contributed by atoms with Gasteiger partial charge in [-0.1, -0.05) is 12.1 Å². The molecule has 0 atom stereocenters. The summed E-state index contributed by atoms with van der Waals surface area (Å²) < 4.78 is 37.8. The molecule has 0 spiro atoms. The van der Waals surface area contributed by atoms with Crippen molar-refractivity contribution in [2.75, 3.05) is 19.3 Å². The maximum atomic E-state index is 13.1. The Morgan fingerprint density at radius 2 is 1.73 bits per heavy atom. The molecule has 0 bridgehead atoms. The number of pyridine rings is 1. The lowest BCUT2D eigenvalue weighted by atomic mass is 9.93. The molecule has 8 heteroatoms. The van der Waals surface area contributed by atoms with Crippen molar-refractivity contribution in [3.8, 4) is 11.4 Å². The Bertz CT molecular complexity index is 1110. The van der Waals surface area contributed by atoms with Crippen LogP contribution >= 0.6 is 0 Å². The number of halogens is 1. The van der Waals surface area contributed by atoms with Crippen LogP contribution in [0.15, 0.2) is 59.9 Å². The van der Waals surface area contributed by atoms with Crippen LogP contribution in [0.3, 0.4) is 0 Å². The van der Waals surface area contributed by atoms with Crippen molar-refractivity contribution in [3.05, 3.63) is 72.1 Å². The monoisotopic (exact) mass is 426 g/mol. The van der Waals surface area contributed by atoms with Crippen molar-refractivity contribution in [1.82, 2.24) is 19.9 Å². The van der Waals surface area contributed by atoms with Gasteiger partial charge in [0.25, 0.3) is 0 Å². The Morgan fingerprint density at radius 3 is 2.37 bits per heavy atom. The van der Waals surface area contributed by atoms with Gasteiger partial charge < -0.3 is 0 Å². The van der Waals surface area contributed by atoms with Crippen molar-refractivity contribution in [1.29, 1.82) is 0 Å². The molecular weight excluding hydrogens is 403 g/mol. The summed E-state index contributed by atoms with van der Waals surface area (Å²) in [4.78, 5) is 15.5. The first-order valence-electron chi connectivity index (χ1n) is 9.84. The predicted octanol–water partition coefficient (Wildman–Crippen LogP) is 3.46. The van der Waals surface area contributed by atoms with Crippen LogP contribution in [0.5, 0.6) is 0 Å². The van der Waals surface area contributed by atoms with Crippen LogP contribution < -0.4 is 0 Å². The molecule has 3 heterocycles. The number of nitrogens with zero attached hydrogens (tertiary/aromatic N) is 4. The first-order chi connectivity index (χ1) is 14.4. The lowest BCUT2D eigenvalue weighted by Gasteiger charge is -2.32. The lowest BCUT2D eigenvalue weighted by Crippen LogP contribution is -2.33. The second-order valence-corrected chi connectivity index (χ2v) is 9.61. The third-order valence-corrected chi connectivity index (χ3v) is 6.53. The van der Waals surface area contributed by atoms with Crippen LogP contribution in [0, 0.1) is 5.82 Å². The van der Waals surface area contributed by atoms with Crippen molar-refractivity contribution < 1.29 is 12.8 Å². The number of sulfone groups is 1. The largest absolute Gasteiger partial charge is 0.299 e. The summed E-state index contributed by atoms with van der Waals surface area (Å²) in [6.45, 7) is 2.39. The molecule has 1 aromatic carbocycles. The molecule has 1 aliphatic heterocycles. The molecule has 2 aromatic heterocycles. The third-order valence-electron chi connectivity index (χ3n) is 5.41. The molecule has 1 aliphatic rings. The standard InChI is InChI=1S/C22H23FN4O2S/c1-30(28,29)20-14-25-22(18-6-10-24-11-7-18)26-21(20)17-8-12-27(13-9-17)15-16-2-4-19(23)5-3-16/h2-7,10-11,14,17H,8-9,12-13,15H2,1H3. The first kappa shape index (κ1) is 20.6. The van der Waals surface area contributed by atoms with Crippen LogP contribution in [0.25, 0.3) is 11.4 Å². The van der Waals surface area contributed by atoms with Gasteiger partial charge in [0.15, 0.2) is 15.7 Å². The van der Waals surface area contributed by atoms with Gasteiger partial charge in [0, 0.05) is 42.9 Å². The van der Waals surface area contributed by atoms with Gasteiger partial charge in [-0.25, -0.2) is 22.8 Å². The average Bonchev–Trinajstić information content (AvgIpc) is 2.75. The summed E-state index contributed by atoms with van der Waals surface area (Å²) in [7, 11) is -3.43. The minimum atomic E-state index is -3.43. The van der Waals surface area contributed by atoms with Crippen LogP contribution in [-0.4, -0.2) is 47.6 Å². The van der Waals surface area contributed by atoms with E-state index in [1.54, 1.807) is 24.5 Å². The number of hydrogen-bond donors (Lipinski definition) is 0. The van der Waals surface area contributed by atoms with Gasteiger partial charge >= 0.3 is 0 Å². The zero-order valence-corrected chi connectivity index (χ0v) is 17.5. The maximum Gasteiger partial charge on any atom is 0.178 e. The Hall–Kier alpha value is -2.71. The predicted molar refractivity (Wildman–Crippen MR) is 112 cm³/mol. The molecule has 0 radical (unpaired) electrons. The van der Waals surface area contributed by atoms with E-state index in [0.717, 1.165) is 43.6 Å². The number of hydrogen-bond acceptors (Lipinski definition) is 6. The van der Waals surface area contributed by atoms with Crippen LogP contribution in [0.2, 0.25) is 0 Å². The summed E-state index contributed by atoms with van der Waals surface area (Å²) in [5.41, 5.74) is 2.47. The van der Waals surface area contributed by atoms with Crippen LogP contribution in [0.4, 0.5) is 4.39 Å². The van der Waals surface area contributed by atoms with Crippen LogP contribution in [-0.2, 0) is 16.4 Å². The molecule has 0 aliphatic carbocycles. The summed E-state index contributed by atoms with van der Waals surface area (Å²) in [5.74, 6) is 0.316. The van der Waals surface area contributed by atoms with Gasteiger partial charge in [0.1, 0.15) is 10.7 Å². The van der Waals surface area contributed by atoms with E-state index < -0.39 is 9.84 Å². The van der Waals surface area contributed by atoms with Crippen molar-refractivity contribution in [2.24, 2.45) is 0 Å². The van der Waals surface area contributed by atoms with Gasteiger partial charge in [0.2, 0.25) is 0 Å². The maximum absolute atomic E-state index is 13.1. The van der Waals surface area contributed by atoms with Gasteiger partial charge in [-0.3, -0.25) is 9.88 Å². The van der Waals surface area contributed by atoms with E-state index >= 15 is 0 Å². The second-order valence-electron chi connectivity index (χ2n) is 7.63. The zero-order valence-electron chi connectivity index (χ0n) is 16.7. The first-order valence-corrected chi connectivity index (χ1v) is 11.7. The lowest BCUT2D eigenvalue weighted by molar-refractivity contribution is 0.202. The minimum absolute atomic E-state index is 0.0442. The Labute approximate surface area is 175 Å². The van der Waals surface area contributed by atoms with E-state index in [-0.39, 0.29) is 16.6 Å². The van der Waals surface area contributed by atoms with Crippen molar-refractivity contribution >= 4 is 9.84 Å². The van der Waals surface area contributed by atoms with Gasteiger partial charge in [-0.2, -0.15) is 0 Å². The summed E-state index contributed by atoms with van der Waals surface area (Å²) >= 11 is 0. The molecule has 1 saturated heterocycles. The second kappa shape index (κ2) is 8.57. The highest BCUT2D eigenvalue weighted by atomic mass is 32.2. The minimum Gasteiger partial charge on any atom is -0.299 e. The fraction of sp³-hybridized carbons (Fsp3) is 0.318. The van der Waals surface area contributed by atoms with Gasteiger partial charge in [-0.05, 0) is 55.8 Å². The molecule has 4 rings (SSSR count). The van der Waals surface area contributed by atoms with Crippen LogP contribution in [0.1, 0.15) is 30.0 Å². The molecule has 0 saturated carbocycles. The highest BCUT2D eigenvalue weighted by Gasteiger charge is 2.27. The molecule has 156 valence electrons. The summed E-state index contributed by atoms with van der Waals surface area (Å²) in [5, 5.41) is 0. The van der Waals surface area contributed by atoms with E-state index in [0.29, 0.717) is 11.5 Å². The van der Waals surface area contributed by atoms with E-state index in [1.165, 1.54) is 24.6 Å². The normalized spacial score (nSPS) is 15.9. The van der Waals surface area contributed by atoms with Gasteiger partial charge in [0.05, 0.1) is 5.69 Å². The number of likely N-dealkylation sites (tertiary alicyclic amines) is 1. The highest BCUT2D eigenvalue weighted by molar-refractivity contribution is 7.90. The molecular formula is C22H23FN4O2S. The Morgan fingerprint density at radius 1 is 1.07 bits per heavy atom. The van der Waals surface area contributed by atoms with Crippen molar-refractivity contribution in [3.63, 3.8) is 0 Å². The molecule has 0 N–H and O–H groups in total. The number of piperidine rings is 1. The average molecular weight is 427 g/mol. The quantitative estimate of drug-likeness (QED) is 0.622. The highest BCUT2D eigenvalue weighted by Crippen LogP contribution is 2.32. The SMILES string of the molecule is CS(=O)(=O)c1cnc(-c2ccncc2)nc1C1CCN(Cc2ccc(F)cc2)CC1. The van der Waals surface area contributed by atoms with E-state index in [4.69, 9.17) is 0 Å². The fourth-order valence-electron chi connectivity index (χ4n) is 3.81. The molecule has 0 unspecified atom stereocenters. The van der Waals surface area contributed by atoms with Gasteiger partial charge in [-0.15, -0.1) is 0 Å². The zero-order chi connectivity index (χ0) is 21.1. The number of benzene rings is 1. The van der Waals surface area contributed by atoms with E-state index in [2.05, 4.69) is 19.9 Å². The molecule has 1 fully saturated rings. The Kier molecular flexibility index (Phi) is 5.87. The van der Waals surface area contributed by atoms with E-state index in [1.807, 2.05) is 12.1 Å². The smallest absolute Gasteiger partial charge is 0.178 e. The van der Waals surface area contributed by atoms with Crippen molar-refractivity contribution in [2.45, 2.75) is 30.2 Å². The van der Waals surface area contributed by atoms with E-state index in [9.17, 15) is 12.8 Å². The number of rotatable bonds is 5. The molecule has 6 nitrogen and oxygen atoms in total.